The summed E-state index contributed by atoms with van der Waals surface area (Å²) in [6, 6.07) is 1.88. The molecule has 126 valence electrons. The highest BCUT2D eigenvalue weighted by Gasteiger charge is 2.24. The summed E-state index contributed by atoms with van der Waals surface area (Å²) in [7, 11) is 3.86. The number of amides is 1. The van der Waals surface area contributed by atoms with Gasteiger partial charge in [-0.3, -0.25) is 9.59 Å². The van der Waals surface area contributed by atoms with E-state index >= 15 is 0 Å². The van der Waals surface area contributed by atoms with Gasteiger partial charge in [0.15, 0.2) is 0 Å². The van der Waals surface area contributed by atoms with Crippen molar-refractivity contribution >= 4 is 23.3 Å². The number of hydrogen-bond donors (Lipinski definition) is 2. The summed E-state index contributed by atoms with van der Waals surface area (Å²) >= 11 is 0. The number of rotatable bonds is 6. The highest BCUT2D eigenvalue weighted by Crippen LogP contribution is 2.21. The largest absolute Gasteiger partial charge is 0.368 e. The van der Waals surface area contributed by atoms with E-state index < -0.39 is 0 Å². The molecule has 1 aromatic rings. The second kappa shape index (κ2) is 7.89. The molecule has 1 aliphatic rings. The van der Waals surface area contributed by atoms with Crippen molar-refractivity contribution in [3.8, 4) is 0 Å². The van der Waals surface area contributed by atoms with Crippen LogP contribution in [0.1, 0.15) is 31.5 Å². The number of anilines is 2. The van der Waals surface area contributed by atoms with Gasteiger partial charge in [0.05, 0.1) is 0 Å². The summed E-state index contributed by atoms with van der Waals surface area (Å²) in [6.45, 7) is 2.98. The predicted octanol–water partition coefficient (Wildman–Crippen LogP) is 1.14. The Bertz CT molecular complexity index is 564. The highest BCUT2D eigenvalue weighted by molar-refractivity contribution is 5.84. The Labute approximate surface area is 136 Å². The topological polar surface area (TPSA) is 87.2 Å². The number of nitrogens with one attached hydrogen (secondary N) is 2. The number of ketones is 1. The van der Waals surface area contributed by atoms with Crippen molar-refractivity contribution in [2.75, 3.05) is 37.4 Å². The van der Waals surface area contributed by atoms with Crippen LogP contribution in [0, 0.1) is 12.8 Å². The summed E-state index contributed by atoms with van der Waals surface area (Å²) in [5, 5.41) is 6.12. The average molecular weight is 319 g/mol. The maximum absolute atomic E-state index is 12.0. The molecule has 0 atom stereocenters. The molecule has 1 heterocycles. The fourth-order valence-electron chi connectivity index (χ4n) is 2.59. The molecule has 0 aliphatic heterocycles. The van der Waals surface area contributed by atoms with E-state index in [0.717, 1.165) is 11.6 Å². The summed E-state index contributed by atoms with van der Waals surface area (Å²) < 4.78 is 0. The lowest BCUT2D eigenvalue weighted by atomic mass is 9.88. The molecule has 0 spiro atoms. The zero-order valence-electron chi connectivity index (χ0n) is 14.1. The Morgan fingerprint density at radius 1 is 1.26 bits per heavy atom. The Hall–Kier alpha value is -2.18. The van der Waals surface area contributed by atoms with Crippen LogP contribution in [0.2, 0.25) is 0 Å². The molecule has 1 aliphatic carbocycles. The number of Topliss-reactive ketones (excluding diaryl/α,β-unsaturated/α-hetero) is 1. The molecule has 0 saturated heterocycles. The zero-order chi connectivity index (χ0) is 16.8. The number of aromatic nitrogens is 2. The third-order valence-electron chi connectivity index (χ3n) is 3.93. The Morgan fingerprint density at radius 2 is 1.96 bits per heavy atom. The summed E-state index contributed by atoms with van der Waals surface area (Å²) in [4.78, 5) is 33.8. The van der Waals surface area contributed by atoms with Gasteiger partial charge in [-0.15, -0.1) is 0 Å². The minimum absolute atomic E-state index is 0.0191. The van der Waals surface area contributed by atoms with Gasteiger partial charge in [-0.05, 0) is 19.8 Å². The van der Waals surface area contributed by atoms with Gasteiger partial charge in [0, 0.05) is 52.0 Å². The van der Waals surface area contributed by atoms with Crippen LogP contribution in [0.15, 0.2) is 6.07 Å². The third kappa shape index (κ3) is 5.19. The molecule has 0 unspecified atom stereocenters. The number of carbonyl (C=O) groups excluding carboxylic acids is 2. The van der Waals surface area contributed by atoms with E-state index in [2.05, 4.69) is 20.6 Å². The fourth-order valence-corrected chi connectivity index (χ4v) is 2.59. The van der Waals surface area contributed by atoms with Crippen molar-refractivity contribution in [1.82, 2.24) is 15.3 Å². The molecule has 0 radical (unpaired) electrons. The van der Waals surface area contributed by atoms with Crippen LogP contribution < -0.4 is 15.5 Å². The maximum atomic E-state index is 12.0. The van der Waals surface area contributed by atoms with Crippen LogP contribution in [0.4, 0.5) is 11.6 Å². The average Bonchev–Trinajstić information content (AvgIpc) is 2.51. The van der Waals surface area contributed by atoms with Crippen molar-refractivity contribution in [3.05, 3.63) is 11.9 Å². The number of nitrogens with zero attached hydrogens (tertiary/aromatic N) is 3. The third-order valence-corrected chi connectivity index (χ3v) is 3.93. The normalized spacial score (nSPS) is 15.3. The van der Waals surface area contributed by atoms with Crippen LogP contribution in [0.5, 0.6) is 0 Å². The molecular formula is C16H25N5O2. The first-order chi connectivity index (χ1) is 11.0. The van der Waals surface area contributed by atoms with Crippen LogP contribution in [0.25, 0.3) is 0 Å². The van der Waals surface area contributed by atoms with Crippen molar-refractivity contribution in [2.24, 2.45) is 5.92 Å². The summed E-state index contributed by atoms with van der Waals surface area (Å²) in [5.74, 6) is 2.59. The van der Waals surface area contributed by atoms with Crippen molar-refractivity contribution < 1.29 is 9.59 Å². The Morgan fingerprint density at radius 3 is 2.61 bits per heavy atom. The molecule has 1 saturated carbocycles. The van der Waals surface area contributed by atoms with E-state index in [4.69, 9.17) is 0 Å². The van der Waals surface area contributed by atoms with Gasteiger partial charge in [0.1, 0.15) is 23.2 Å². The molecular weight excluding hydrogens is 294 g/mol. The Balaban J connectivity index is 1.75. The van der Waals surface area contributed by atoms with Crippen molar-refractivity contribution in [3.63, 3.8) is 0 Å². The Kier molecular flexibility index (Phi) is 5.90. The van der Waals surface area contributed by atoms with Gasteiger partial charge < -0.3 is 15.5 Å². The lowest BCUT2D eigenvalue weighted by Gasteiger charge is -2.20. The van der Waals surface area contributed by atoms with E-state index in [1.165, 1.54) is 0 Å². The first-order valence-electron chi connectivity index (χ1n) is 8.02. The first kappa shape index (κ1) is 17.2. The van der Waals surface area contributed by atoms with Crippen LogP contribution >= 0.6 is 0 Å². The maximum Gasteiger partial charge on any atom is 0.223 e. The molecule has 0 aromatic carbocycles. The van der Waals surface area contributed by atoms with E-state index in [0.29, 0.717) is 44.6 Å². The van der Waals surface area contributed by atoms with Crippen molar-refractivity contribution in [2.45, 2.75) is 32.6 Å². The minimum Gasteiger partial charge on any atom is -0.368 e. The van der Waals surface area contributed by atoms with Gasteiger partial charge >= 0.3 is 0 Å². The SMILES string of the molecule is Cc1nc(NCCNC(=O)C2CCC(=O)CC2)cc(N(C)C)n1. The lowest BCUT2D eigenvalue weighted by Crippen LogP contribution is -2.36. The monoisotopic (exact) mass is 319 g/mol. The zero-order valence-corrected chi connectivity index (χ0v) is 14.1. The van der Waals surface area contributed by atoms with Crippen LogP contribution in [-0.2, 0) is 9.59 Å². The van der Waals surface area contributed by atoms with E-state index in [1.807, 2.05) is 32.0 Å². The molecule has 1 aromatic heterocycles. The van der Waals surface area contributed by atoms with Crippen LogP contribution in [-0.4, -0.2) is 48.8 Å². The molecule has 7 heteroatoms. The standard InChI is InChI=1S/C16H25N5O2/c1-11-19-14(10-15(20-11)21(2)3)17-8-9-18-16(23)12-4-6-13(22)7-5-12/h10,12H,4-9H2,1-3H3,(H,18,23)(H,17,19,20). The molecule has 2 rings (SSSR count). The minimum atomic E-state index is -0.0191. The van der Waals surface area contributed by atoms with Crippen molar-refractivity contribution in [1.29, 1.82) is 0 Å². The first-order valence-corrected chi connectivity index (χ1v) is 8.02. The second-order valence-corrected chi connectivity index (χ2v) is 6.08. The fraction of sp³-hybridized carbons (Fsp3) is 0.625. The van der Waals surface area contributed by atoms with Gasteiger partial charge in [-0.1, -0.05) is 0 Å². The summed E-state index contributed by atoms with van der Waals surface area (Å²) in [5.41, 5.74) is 0. The molecule has 2 N–H and O–H groups in total. The van der Waals surface area contributed by atoms with Gasteiger partial charge in [0.2, 0.25) is 5.91 Å². The van der Waals surface area contributed by atoms with Gasteiger partial charge in [-0.25, -0.2) is 9.97 Å². The lowest BCUT2D eigenvalue weighted by molar-refractivity contribution is -0.128. The molecule has 23 heavy (non-hydrogen) atoms. The summed E-state index contributed by atoms with van der Waals surface area (Å²) in [6.07, 6.45) is 2.42. The highest BCUT2D eigenvalue weighted by atomic mass is 16.2. The molecule has 1 amide bonds. The number of aryl methyl sites for hydroxylation is 1. The van der Waals surface area contributed by atoms with Crippen LogP contribution in [0.3, 0.4) is 0 Å². The number of hydrogen-bond acceptors (Lipinski definition) is 6. The van der Waals surface area contributed by atoms with E-state index in [-0.39, 0.29) is 17.6 Å². The molecule has 7 nitrogen and oxygen atoms in total. The second-order valence-electron chi connectivity index (χ2n) is 6.08. The van der Waals surface area contributed by atoms with E-state index in [1.54, 1.807) is 0 Å². The quantitative estimate of drug-likeness (QED) is 0.765. The van der Waals surface area contributed by atoms with Gasteiger partial charge in [0.25, 0.3) is 0 Å². The van der Waals surface area contributed by atoms with Gasteiger partial charge in [-0.2, -0.15) is 0 Å². The smallest absolute Gasteiger partial charge is 0.223 e. The molecule has 1 fully saturated rings. The number of carbonyl (C=O) groups is 2. The predicted molar refractivity (Wildman–Crippen MR) is 89.6 cm³/mol. The molecule has 0 bridgehead atoms. The van der Waals surface area contributed by atoms with E-state index in [9.17, 15) is 9.59 Å².